The number of nitrogens with one attached hydrogen (secondary N) is 1. The van der Waals surface area contributed by atoms with Crippen LogP contribution in [-0.4, -0.2) is 16.3 Å². The SMILES string of the molecule is CCNCc1cnn(Cc2ccc(CC)s2)c1C. The van der Waals surface area contributed by atoms with E-state index in [2.05, 4.69) is 48.0 Å². The highest BCUT2D eigenvalue weighted by Crippen LogP contribution is 2.19. The van der Waals surface area contributed by atoms with Gasteiger partial charge in [0.2, 0.25) is 0 Å². The fourth-order valence-corrected chi connectivity index (χ4v) is 2.86. The Morgan fingerprint density at radius 1 is 1.28 bits per heavy atom. The van der Waals surface area contributed by atoms with Crippen LogP contribution in [0.5, 0.6) is 0 Å². The molecule has 3 nitrogen and oxygen atoms in total. The topological polar surface area (TPSA) is 29.9 Å². The third kappa shape index (κ3) is 3.00. The average Bonchev–Trinajstić information content (AvgIpc) is 2.96. The third-order valence-corrected chi connectivity index (χ3v) is 4.36. The van der Waals surface area contributed by atoms with Gasteiger partial charge >= 0.3 is 0 Å². The number of hydrogen-bond acceptors (Lipinski definition) is 3. The summed E-state index contributed by atoms with van der Waals surface area (Å²) in [5.74, 6) is 0. The van der Waals surface area contributed by atoms with Crippen molar-refractivity contribution in [2.75, 3.05) is 6.54 Å². The van der Waals surface area contributed by atoms with E-state index in [1.807, 2.05) is 17.5 Å². The molecule has 0 saturated carbocycles. The van der Waals surface area contributed by atoms with Crippen LogP contribution in [0.15, 0.2) is 18.3 Å². The molecule has 2 aromatic rings. The lowest BCUT2D eigenvalue weighted by atomic mass is 10.2. The van der Waals surface area contributed by atoms with Crippen LogP contribution in [-0.2, 0) is 19.5 Å². The van der Waals surface area contributed by atoms with Gasteiger partial charge in [0.1, 0.15) is 0 Å². The molecule has 0 aliphatic heterocycles. The van der Waals surface area contributed by atoms with E-state index < -0.39 is 0 Å². The van der Waals surface area contributed by atoms with Crippen molar-refractivity contribution in [2.45, 2.75) is 40.3 Å². The minimum atomic E-state index is 0.891. The molecule has 2 rings (SSSR count). The summed E-state index contributed by atoms with van der Waals surface area (Å²) in [6, 6.07) is 4.44. The summed E-state index contributed by atoms with van der Waals surface area (Å²) in [4.78, 5) is 2.83. The molecule has 0 atom stereocenters. The van der Waals surface area contributed by atoms with Crippen LogP contribution >= 0.6 is 11.3 Å². The van der Waals surface area contributed by atoms with E-state index in [1.54, 1.807) is 0 Å². The maximum Gasteiger partial charge on any atom is 0.0755 e. The van der Waals surface area contributed by atoms with Crippen molar-refractivity contribution in [3.63, 3.8) is 0 Å². The number of thiophene rings is 1. The van der Waals surface area contributed by atoms with Crippen molar-refractivity contribution >= 4 is 11.3 Å². The zero-order valence-corrected chi connectivity index (χ0v) is 12.2. The molecule has 0 fully saturated rings. The van der Waals surface area contributed by atoms with Gasteiger partial charge in [-0.2, -0.15) is 5.10 Å². The lowest BCUT2D eigenvalue weighted by Gasteiger charge is -2.04. The van der Waals surface area contributed by atoms with E-state index in [0.29, 0.717) is 0 Å². The van der Waals surface area contributed by atoms with Gasteiger partial charge < -0.3 is 5.32 Å². The maximum atomic E-state index is 4.48. The second-order valence-electron chi connectivity index (χ2n) is 4.41. The van der Waals surface area contributed by atoms with E-state index in [4.69, 9.17) is 0 Å². The van der Waals surface area contributed by atoms with Crippen molar-refractivity contribution in [1.29, 1.82) is 0 Å². The van der Waals surface area contributed by atoms with Gasteiger partial charge in [-0.15, -0.1) is 11.3 Å². The third-order valence-electron chi connectivity index (χ3n) is 3.14. The molecule has 0 radical (unpaired) electrons. The van der Waals surface area contributed by atoms with E-state index in [0.717, 1.165) is 26.1 Å². The molecule has 2 heterocycles. The summed E-state index contributed by atoms with van der Waals surface area (Å²) < 4.78 is 2.10. The standard InChI is InChI=1S/C14H21N3S/c1-4-13-6-7-14(18-13)10-17-11(3)12(9-16-17)8-15-5-2/h6-7,9,15H,4-5,8,10H2,1-3H3. The molecule has 0 aromatic carbocycles. The molecule has 1 N–H and O–H groups in total. The van der Waals surface area contributed by atoms with Crippen LogP contribution in [0.4, 0.5) is 0 Å². The van der Waals surface area contributed by atoms with Crippen LogP contribution < -0.4 is 5.32 Å². The highest BCUT2D eigenvalue weighted by molar-refractivity contribution is 7.11. The first-order chi connectivity index (χ1) is 8.74. The summed E-state index contributed by atoms with van der Waals surface area (Å²) >= 11 is 1.89. The van der Waals surface area contributed by atoms with Gasteiger partial charge in [-0.3, -0.25) is 4.68 Å². The summed E-state index contributed by atoms with van der Waals surface area (Å²) in [5, 5.41) is 7.83. The predicted molar refractivity (Wildman–Crippen MR) is 77.1 cm³/mol. The van der Waals surface area contributed by atoms with Crippen molar-refractivity contribution in [3.8, 4) is 0 Å². The highest BCUT2D eigenvalue weighted by atomic mass is 32.1. The van der Waals surface area contributed by atoms with Crippen molar-refractivity contribution in [3.05, 3.63) is 39.3 Å². The Morgan fingerprint density at radius 3 is 2.72 bits per heavy atom. The van der Waals surface area contributed by atoms with Gasteiger partial charge in [0.25, 0.3) is 0 Å². The minimum absolute atomic E-state index is 0.891. The smallest absolute Gasteiger partial charge is 0.0755 e. The van der Waals surface area contributed by atoms with Crippen molar-refractivity contribution < 1.29 is 0 Å². The maximum absolute atomic E-state index is 4.48. The van der Waals surface area contributed by atoms with Crippen molar-refractivity contribution in [1.82, 2.24) is 15.1 Å². The molecule has 0 amide bonds. The van der Waals surface area contributed by atoms with E-state index in [9.17, 15) is 0 Å². The molecule has 0 unspecified atom stereocenters. The Morgan fingerprint density at radius 2 is 2.06 bits per heavy atom. The van der Waals surface area contributed by atoms with E-state index in [-0.39, 0.29) is 0 Å². The number of rotatable bonds is 6. The predicted octanol–water partition coefficient (Wildman–Crippen LogP) is 2.97. The van der Waals surface area contributed by atoms with Crippen molar-refractivity contribution in [2.24, 2.45) is 0 Å². The number of aromatic nitrogens is 2. The van der Waals surface area contributed by atoms with Crippen LogP contribution in [0, 0.1) is 6.92 Å². The molecule has 0 aliphatic carbocycles. The van der Waals surface area contributed by atoms with Crippen LogP contribution in [0.1, 0.15) is 34.9 Å². The summed E-state index contributed by atoms with van der Waals surface area (Å²) in [6.07, 6.45) is 3.10. The average molecular weight is 263 g/mol. The van der Waals surface area contributed by atoms with Gasteiger partial charge in [-0.05, 0) is 32.0 Å². The number of hydrogen-bond donors (Lipinski definition) is 1. The summed E-state index contributed by atoms with van der Waals surface area (Å²) in [7, 11) is 0. The monoisotopic (exact) mass is 263 g/mol. The summed E-state index contributed by atoms with van der Waals surface area (Å²) in [6.45, 7) is 9.26. The van der Waals surface area contributed by atoms with Gasteiger partial charge in [0.15, 0.2) is 0 Å². The summed E-state index contributed by atoms with van der Waals surface area (Å²) in [5.41, 5.74) is 2.56. The van der Waals surface area contributed by atoms with Gasteiger partial charge in [-0.1, -0.05) is 13.8 Å². The molecule has 98 valence electrons. The zero-order valence-electron chi connectivity index (χ0n) is 11.4. The highest BCUT2D eigenvalue weighted by Gasteiger charge is 2.07. The molecule has 0 saturated heterocycles. The van der Waals surface area contributed by atoms with Crippen LogP contribution in [0.3, 0.4) is 0 Å². The second-order valence-corrected chi connectivity index (χ2v) is 5.67. The second kappa shape index (κ2) is 6.16. The molecular weight excluding hydrogens is 242 g/mol. The number of aryl methyl sites for hydroxylation is 1. The fourth-order valence-electron chi connectivity index (χ4n) is 1.92. The Balaban J connectivity index is 2.07. The molecule has 0 spiro atoms. The fraction of sp³-hybridized carbons (Fsp3) is 0.500. The Labute approximate surface area is 113 Å². The molecule has 2 aromatic heterocycles. The Bertz CT molecular complexity index is 499. The van der Waals surface area contributed by atoms with Gasteiger partial charge in [0.05, 0.1) is 12.7 Å². The molecule has 0 bridgehead atoms. The van der Waals surface area contributed by atoms with Gasteiger partial charge in [0, 0.05) is 27.6 Å². The first-order valence-corrected chi connectivity index (χ1v) is 7.35. The quantitative estimate of drug-likeness (QED) is 0.868. The van der Waals surface area contributed by atoms with E-state index in [1.165, 1.54) is 21.0 Å². The Kier molecular flexibility index (Phi) is 4.55. The molecule has 4 heteroatoms. The lowest BCUT2D eigenvalue weighted by Crippen LogP contribution is -2.12. The molecule has 0 aliphatic rings. The molecular formula is C14H21N3S. The van der Waals surface area contributed by atoms with Gasteiger partial charge in [-0.25, -0.2) is 0 Å². The minimum Gasteiger partial charge on any atom is -0.313 e. The first-order valence-electron chi connectivity index (χ1n) is 6.54. The van der Waals surface area contributed by atoms with E-state index >= 15 is 0 Å². The van der Waals surface area contributed by atoms with Crippen LogP contribution in [0.25, 0.3) is 0 Å². The molecule has 18 heavy (non-hydrogen) atoms. The Hall–Kier alpha value is -1.13. The number of nitrogens with zero attached hydrogens (tertiary/aromatic N) is 2. The largest absolute Gasteiger partial charge is 0.313 e. The zero-order chi connectivity index (χ0) is 13.0. The van der Waals surface area contributed by atoms with Crippen LogP contribution in [0.2, 0.25) is 0 Å². The lowest BCUT2D eigenvalue weighted by molar-refractivity contribution is 0.665. The normalized spacial score (nSPS) is 11.1. The first kappa shape index (κ1) is 13.3.